The van der Waals surface area contributed by atoms with Gasteiger partial charge in [0.05, 0.1) is 22.9 Å². The van der Waals surface area contributed by atoms with E-state index in [1.54, 1.807) is 23.1 Å². The van der Waals surface area contributed by atoms with E-state index in [1.165, 1.54) is 25.0 Å². The van der Waals surface area contributed by atoms with Gasteiger partial charge in [0.15, 0.2) is 0 Å². The van der Waals surface area contributed by atoms with Crippen LogP contribution in [-0.4, -0.2) is 39.2 Å². The summed E-state index contributed by atoms with van der Waals surface area (Å²) < 4.78 is 7.46. The molecule has 1 fully saturated rings. The second-order valence-electron chi connectivity index (χ2n) is 7.39. The summed E-state index contributed by atoms with van der Waals surface area (Å²) in [5.41, 5.74) is 2.85. The molecule has 0 bridgehead atoms. The quantitative estimate of drug-likeness (QED) is 0.464. The number of aromatic nitrogens is 2. The molecule has 1 atom stereocenters. The van der Waals surface area contributed by atoms with Gasteiger partial charge in [-0.1, -0.05) is 0 Å². The molecule has 29 heavy (non-hydrogen) atoms. The van der Waals surface area contributed by atoms with E-state index < -0.39 is 4.92 Å². The minimum Gasteiger partial charge on any atom is -0.468 e. The van der Waals surface area contributed by atoms with Crippen molar-refractivity contribution in [2.45, 2.75) is 25.4 Å². The number of nitro benzene ring substituents is 1. The summed E-state index contributed by atoms with van der Waals surface area (Å²) in [7, 11) is 1.88. The molecule has 3 aromatic rings. The highest BCUT2D eigenvalue weighted by atomic mass is 16.6. The van der Waals surface area contributed by atoms with Crippen molar-refractivity contribution in [3.8, 4) is 11.3 Å². The first-order valence-corrected chi connectivity index (χ1v) is 9.87. The number of rotatable bonds is 8. The maximum absolute atomic E-state index is 10.9. The average Bonchev–Trinajstić information content (AvgIpc) is 3.48. The van der Waals surface area contributed by atoms with Crippen molar-refractivity contribution >= 4 is 5.69 Å². The van der Waals surface area contributed by atoms with Crippen LogP contribution in [0.2, 0.25) is 0 Å². The van der Waals surface area contributed by atoms with Crippen LogP contribution in [0.4, 0.5) is 5.69 Å². The van der Waals surface area contributed by atoms with Crippen LogP contribution in [-0.2, 0) is 13.6 Å². The molecule has 1 N–H and O–H groups in total. The molecule has 8 nitrogen and oxygen atoms in total. The van der Waals surface area contributed by atoms with Gasteiger partial charge in [-0.15, -0.1) is 0 Å². The fourth-order valence-corrected chi connectivity index (χ4v) is 3.94. The molecule has 0 aliphatic carbocycles. The van der Waals surface area contributed by atoms with Crippen LogP contribution in [0.1, 0.15) is 30.2 Å². The Labute approximate surface area is 169 Å². The smallest absolute Gasteiger partial charge is 0.269 e. The zero-order valence-corrected chi connectivity index (χ0v) is 16.5. The van der Waals surface area contributed by atoms with E-state index in [9.17, 15) is 10.1 Å². The number of nitro groups is 1. The van der Waals surface area contributed by atoms with Gasteiger partial charge in [-0.3, -0.25) is 19.7 Å². The zero-order chi connectivity index (χ0) is 20.2. The van der Waals surface area contributed by atoms with Crippen molar-refractivity contribution in [2.24, 2.45) is 7.05 Å². The molecule has 4 rings (SSSR count). The number of hydrogen-bond donors (Lipinski definition) is 1. The molecule has 1 aromatic carbocycles. The SMILES string of the molecule is Cn1cc(CNCC(c2ccco2)N2CCCC2)c(-c2ccc([N+](=O)[O-])cc2)n1. The lowest BCUT2D eigenvalue weighted by atomic mass is 10.1. The lowest BCUT2D eigenvalue weighted by Crippen LogP contribution is -2.33. The molecule has 0 radical (unpaired) electrons. The van der Waals surface area contributed by atoms with Crippen LogP contribution in [0, 0.1) is 10.1 Å². The van der Waals surface area contributed by atoms with E-state index >= 15 is 0 Å². The van der Waals surface area contributed by atoms with Crippen LogP contribution < -0.4 is 5.32 Å². The molecule has 3 heterocycles. The van der Waals surface area contributed by atoms with Gasteiger partial charge < -0.3 is 9.73 Å². The second-order valence-corrected chi connectivity index (χ2v) is 7.39. The highest BCUT2D eigenvalue weighted by Crippen LogP contribution is 2.26. The van der Waals surface area contributed by atoms with Crippen LogP contribution in [0.15, 0.2) is 53.3 Å². The number of non-ortho nitro benzene ring substituents is 1. The molecular formula is C21H25N5O3. The summed E-state index contributed by atoms with van der Waals surface area (Å²) in [4.78, 5) is 13.0. The van der Waals surface area contributed by atoms with E-state index in [2.05, 4.69) is 15.3 Å². The van der Waals surface area contributed by atoms with Gasteiger partial charge in [0.1, 0.15) is 5.76 Å². The number of aryl methyl sites for hydroxylation is 1. The molecule has 2 aromatic heterocycles. The van der Waals surface area contributed by atoms with Gasteiger partial charge in [-0.2, -0.15) is 5.10 Å². The van der Waals surface area contributed by atoms with Crippen molar-refractivity contribution in [2.75, 3.05) is 19.6 Å². The lowest BCUT2D eigenvalue weighted by molar-refractivity contribution is -0.384. The van der Waals surface area contributed by atoms with E-state index in [0.717, 1.165) is 42.2 Å². The maximum Gasteiger partial charge on any atom is 0.269 e. The fraction of sp³-hybridized carbons (Fsp3) is 0.381. The normalized spacial score (nSPS) is 15.6. The Morgan fingerprint density at radius 3 is 2.66 bits per heavy atom. The second kappa shape index (κ2) is 8.59. The van der Waals surface area contributed by atoms with Crippen molar-refractivity contribution in [1.82, 2.24) is 20.0 Å². The minimum atomic E-state index is -0.391. The van der Waals surface area contributed by atoms with Gasteiger partial charge in [0.25, 0.3) is 5.69 Å². The van der Waals surface area contributed by atoms with Gasteiger partial charge in [-0.25, -0.2) is 0 Å². The molecule has 0 spiro atoms. The number of likely N-dealkylation sites (tertiary alicyclic amines) is 1. The Hall–Kier alpha value is -2.97. The summed E-state index contributed by atoms with van der Waals surface area (Å²) in [6, 6.07) is 10.7. The predicted molar refractivity (Wildman–Crippen MR) is 109 cm³/mol. The third-order valence-electron chi connectivity index (χ3n) is 5.36. The lowest BCUT2D eigenvalue weighted by Gasteiger charge is -2.26. The molecule has 1 aliphatic rings. The van der Waals surface area contributed by atoms with Gasteiger partial charge >= 0.3 is 0 Å². The number of benzene rings is 1. The Balaban J connectivity index is 1.46. The highest BCUT2D eigenvalue weighted by Gasteiger charge is 2.25. The molecule has 0 saturated carbocycles. The third-order valence-corrected chi connectivity index (χ3v) is 5.36. The Morgan fingerprint density at radius 2 is 2.00 bits per heavy atom. The van der Waals surface area contributed by atoms with Crippen molar-refractivity contribution in [1.29, 1.82) is 0 Å². The van der Waals surface area contributed by atoms with Gasteiger partial charge in [0.2, 0.25) is 0 Å². The number of hydrogen-bond acceptors (Lipinski definition) is 6. The number of nitrogens with zero attached hydrogens (tertiary/aromatic N) is 4. The molecule has 0 amide bonds. The zero-order valence-electron chi connectivity index (χ0n) is 16.5. The molecule has 1 saturated heterocycles. The molecule has 1 aliphatic heterocycles. The summed E-state index contributed by atoms with van der Waals surface area (Å²) in [6.45, 7) is 3.62. The third kappa shape index (κ3) is 4.38. The Bertz CT molecular complexity index is 943. The highest BCUT2D eigenvalue weighted by molar-refractivity contribution is 5.64. The van der Waals surface area contributed by atoms with E-state index in [1.807, 2.05) is 25.4 Å². The topological polar surface area (TPSA) is 89.4 Å². The van der Waals surface area contributed by atoms with Crippen molar-refractivity contribution in [3.05, 3.63) is 70.3 Å². The van der Waals surface area contributed by atoms with Crippen LogP contribution in [0.5, 0.6) is 0 Å². The van der Waals surface area contributed by atoms with Crippen LogP contribution >= 0.6 is 0 Å². The average molecular weight is 395 g/mol. The summed E-state index contributed by atoms with van der Waals surface area (Å²) in [5, 5.41) is 19.0. The minimum absolute atomic E-state index is 0.0799. The van der Waals surface area contributed by atoms with Gasteiger partial charge in [0, 0.05) is 49.6 Å². The summed E-state index contributed by atoms with van der Waals surface area (Å²) in [6.07, 6.45) is 6.17. The molecular weight excluding hydrogens is 370 g/mol. The Morgan fingerprint density at radius 1 is 1.24 bits per heavy atom. The van der Waals surface area contributed by atoms with Crippen molar-refractivity contribution < 1.29 is 9.34 Å². The fourth-order valence-electron chi connectivity index (χ4n) is 3.94. The monoisotopic (exact) mass is 395 g/mol. The van der Waals surface area contributed by atoms with Gasteiger partial charge in [-0.05, 0) is 50.2 Å². The maximum atomic E-state index is 10.9. The number of nitrogens with one attached hydrogen (secondary N) is 1. The van der Waals surface area contributed by atoms with E-state index in [0.29, 0.717) is 6.54 Å². The van der Waals surface area contributed by atoms with E-state index in [4.69, 9.17) is 4.42 Å². The van der Waals surface area contributed by atoms with Crippen molar-refractivity contribution in [3.63, 3.8) is 0 Å². The number of furan rings is 1. The first kappa shape index (κ1) is 19.4. The first-order valence-electron chi connectivity index (χ1n) is 9.87. The molecule has 152 valence electrons. The first-order chi connectivity index (χ1) is 14.1. The standard InChI is InChI=1S/C21H25N5O3/c1-24-15-17(21(23-24)16-6-8-18(9-7-16)26(27)28)13-22-14-19(20-5-4-12-29-20)25-10-2-3-11-25/h4-9,12,15,19,22H,2-3,10-11,13-14H2,1H3. The Kier molecular flexibility index (Phi) is 5.73. The summed E-state index contributed by atoms with van der Waals surface area (Å²) in [5.74, 6) is 0.987. The largest absolute Gasteiger partial charge is 0.468 e. The van der Waals surface area contributed by atoms with Crippen LogP contribution in [0.3, 0.4) is 0 Å². The van der Waals surface area contributed by atoms with E-state index in [-0.39, 0.29) is 11.7 Å². The summed E-state index contributed by atoms with van der Waals surface area (Å²) >= 11 is 0. The predicted octanol–water partition coefficient (Wildman–Crippen LogP) is 3.52. The van der Waals surface area contributed by atoms with Crippen LogP contribution in [0.25, 0.3) is 11.3 Å². The molecule has 8 heteroatoms. The molecule has 1 unspecified atom stereocenters.